The Morgan fingerprint density at radius 3 is 2.54 bits per heavy atom. The molecule has 2 aromatic carbocycles. The minimum atomic E-state index is -1.09. The molecule has 1 amide bonds. The van der Waals surface area contributed by atoms with Crippen LogP contribution in [0.4, 0.5) is 5.13 Å². The molecule has 0 unspecified atom stereocenters. The van der Waals surface area contributed by atoms with Gasteiger partial charge in [0, 0.05) is 39.8 Å². The van der Waals surface area contributed by atoms with E-state index in [0.717, 1.165) is 24.0 Å². The number of benzene rings is 2. The maximum atomic E-state index is 12.9. The first-order valence-corrected chi connectivity index (χ1v) is 14.3. The monoisotopic (exact) mass is 590 g/mol. The van der Waals surface area contributed by atoms with Crippen LogP contribution in [0.1, 0.15) is 74.0 Å². The molecule has 39 heavy (non-hydrogen) atoms. The number of halogens is 2. The molecule has 3 aromatic rings. The summed E-state index contributed by atoms with van der Waals surface area (Å²) in [6.07, 6.45) is 5.77. The Morgan fingerprint density at radius 1 is 1.18 bits per heavy atom. The summed E-state index contributed by atoms with van der Waals surface area (Å²) in [4.78, 5) is 28.7. The van der Waals surface area contributed by atoms with Crippen LogP contribution in [0.15, 0.2) is 41.3 Å². The van der Waals surface area contributed by atoms with Crippen molar-refractivity contribution in [3.8, 4) is 17.0 Å². The zero-order valence-electron chi connectivity index (χ0n) is 22.3. The molecule has 0 aliphatic heterocycles. The summed E-state index contributed by atoms with van der Waals surface area (Å²) in [7, 11) is 1.62. The Labute approximate surface area is 242 Å². The smallest absolute Gasteiger partial charge is 0.331 e. The number of thiazole rings is 1. The van der Waals surface area contributed by atoms with Crippen LogP contribution in [-0.4, -0.2) is 35.7 Å². The Hall–Kier alpha value is -2.91. The number of methoxy groups -OCH3 is 1. The lowest BCUT2D eigenvalue weighted by atomic mass is 10.0. The highest BCUT2D eigenvalue weighted by Crippen LogP contribution is 2.38. The van der Waals surface area contributed by atoms with E-state index in [4.69, 9.17) is 37.8 Å². The van der Waals surface area contributed by atoms with Gasteiger partial charge in [0.05, 0.1) is 29.0 Å². The number of nitrogens with zero attached hydrogens (tertiary/aromatic N) is 1. The van der Waals surface area contributed by atoms with Gasteiger partial charge < -0.3 is 14.6 Å². The van der Waals surface area contributed by atoms with Crippen molar-refractivity contribution in [3.05, 3.63) is 68.0 Å². The quantitative estimate of drug-likeness (QED) is 0.153. The second-order valence-electron chi connectivity index (χ2n) is 8.98. The van der Waals surface area contributed by atoms with Gasteiger partial charge in [0.15, 0.2) is 5.13 Å². The molecular formula is C29H32Cl2N2O5S. The maximum Gasteiger partial charge on any atom is 0.331 e. The molecule has 0 saturated carbocycles. The lowest BCUT2D eigenvalue weighted by Gasteiger charge is -2.18. The number of carbonyl (C=O) groups is 2. The molecule has 2 N–H and O–H groups in total. The predicted molar refractivity (Wildman–Crippen MR) is 158 cm³/mol. The molecule has 0 bridgehead atoms. The van der Waals surface area contributed by atoms with Crippen molar-refractivity contribution < 1.29 is 24.2 Å². The van der Waals surface area contributed by atoms with Crippen molar-refractivity contribution in [3.63, 3.8) is 0 Å². The van der Waals surface area contributed by atoms with Crippen LogP contribution in [0.5, 0.6) is 5.75 Å². The molecule has 0 saturated heterocycles. The molecule has 3 rings (SSSR count). The van der Waals surface area contributed by atoms with Gasteiger partial charge in [-0.3, -0.25) is 10.1 Å². The number of carboxylic acids is 1. The number of aromatic nitrogens is 1. The molecule has 1 atom stereocenters. The second-order valence-corrected chi connectivity index (χ2v) is 10.7. The van der Waals surface area contributed by atoms with E-state index in [9.17, 15) is 9.59 Å². The van der Waals surface area contributed by atoms with Crippen molar-refractivity contribution >= 4 is 57.6 Å². The number of anilines is 1. The van der Waals surface area contributed by atoms with Gasteiger partial charge in [-0.1, -0.05) is 61.5 Å². The first-order valence-electron chi connectivity index (χ1n) is 12.6. The number of aliphatic carboxylic acids is 1. The lowest BCUT2D eigenvalue weighted by molar-refractivity contribution is -0.132. The highest BCUT2D eigenvalue weighted by Gasteiger charge is 2.19. The number of carbonyl (C=O) groups excluding carboxylic acids is 1. The highest BCUT2D eigenvalue weighted by atomic mass is 35.5. The van der Waals surface area contributed by atoms with Crippen LogP contribution in [0.3, 0.4) is 0 Å². The summed E-state index contributed by atoms with van der Waals surface area (Å²) < 4.78 is 11.8. The van der Waals surface area contributed by atoms with Gasteiger partial charge in [-0.2, -0.15) is 0 Å². The van der Waals surface area contributed by atoms with Gasteiger partial charge in [0.2, 0.25) is 0 Å². The van der Waals surface area contributed by atoms with Crippen LogP contribution in [-0.2, 0) is 9.53 Å². The summed E-state index contributed by atoms with van der Waals surface area (Å²) in [6, 6.07) is 8.72. The standard InChI is InChI=1S/C29H32Cl2N2O5S/c1-5-6-7-8-12-38-18(3)20-10-9-11-21(26(20)37-4)25-16-39-29(32-25)33-27(34)19-14-23(30)22(24(31)15-19)13-17(2)28(35)36/h9-11,13-16,18H,5-8,12H2,1-4H3,(H,35,36)(H,32,33,34)/t18-/m0/s1. The van der Waals surface area contributed by atoms with Crippen molar-refractivity contribution in [2.75, 3.05) is 19.0 Å². The SMILES string of the molecule is CCCCCCO[C@@H](C)c1cccc(-c2csc(NC(=O)c3cc(Cl)c(C=C(C)C(=O)O)c(Cl)c3)n2)c1OC. The number of hydrogen-bond donors (Lipinski definition) is 2. The van der Waals surface area contributed by atoms with Crippen molar-refractivity contribution in [2.45, 2.75) is 52.6 Å². The number of unbranched alkanes of at least 4 members (excludes halogenated alkanes) is 3. The zero-order chi connectivity index (χ0) is 28.5. The van der Waals surface area contributed by atoms with Crippen LogP contribution in [0.25, 0.3) is 17.3 Å². The third-order valence-corrected chi connectivity index (χ3v) is 7.48. The Bertz CT molecular complexity index is 1330. The minimum Gasteiger partial charge on any atom is -0.496 e. The van der Waals surface area contributed by atoms with Crippen LogP contribution in [0.2, 0.25) is 10.0 Å². The number of nitrogens with one attached hydrogen (secondary N) is 1. The molecule has 208 valence electrons. The van der Waals surface area contributed by atoms with Gasteiger partial charge in [-0.15, -0.1) is 11.3 Å². The fraction of sp³-hybridized carbons (Fsp3) is 0.345. The average molecular weight is 592 g/mol. The number of para-hydroxylation sites is 1. The molecular weight excluding hydrogens is 559 g/mol. The minimum absolute atomic E-state index is 0.0683. The van der Waals surface area contributed by atoms with Crippen molar-refractivity contribution in [1.82, 2.24) is 4.98 Å². The Morgan fingerprint density at radius 2 is 1.90 bits per heavy atom. The summed E-state index contributed by atoms with van der Waals surface area (Å²) in [5, 5.41) is 14.4. The van der Waals surface area contributed by atoms with Crippen molar-refractivity contribution in [1.29, 1.82) is 0 Å². The third-order valence-electron chi connectivity index (χ3n) is 6.09. The normalized spacial score (nSPS) is 12.3. The number of ether oxygens (including phenoxy) is 2. The maximum absolute atomic E-state index is 12.9. The molecule has 0 aliphatic rings. The van der Waals surface area contributed by atoms with E-state index in [2.05, 4.69) is 17.2 Å². The molecule has 0 radical (unpaired) electrons. The van der Waals surface area contributed by atoms with Gasteiger partial charge in [-0.05, 0) is 44.5 Å². The predicted octanol–water partition coefficient (Wildman–Crippen LogP) is 8.52. The van der Waals surface area contributed by atoms with Gasteiger partial charge >= 0.3 is 5.97 Å². The van der Waals surface area contributed by atoms with E-state index in [1.54, 1.807) is 7.11 Å². The first kappa shape index (κ1) is 30.6. The summed E-state index contributed by atoms with van der Waals surface area (Å²) in [5.41, 5.74) is 3.00. The Kier molecular flexibility index (Phi) is 11.4. The van der Waals surface area contributed by atoms with E-state index in [1.165, 1.54) is 49.3 Å². The van der Waals surface area contributed by atoms with Crippen molar-refractivity contribution in [2.24, 2.45) is 0 Å². The van der Waals surface area contributed by atoms with Crippen LogP contribution in [0, 0.1) is 0 Å². The third kappa shape index (κ3) is 8.05. The number of amides is 1. The average Bonchev–Trinajstić information content (AvgIpc) is 3.37. The summed E-state index contributed by atoms with van der Waals surface area (Å²) in [6.45, 7) is 6.31. The molecule has 7 nitrogen and oxygen atoms in total. The van der Waals surface area contributed by atoms with Crippen LogP contribution < -0.4 is 10.1 Å². The van der Waals surface area contributed by atoms with Crippen LogP contribution >= 0.6 is 34.5 Å². The van der Waals surface area contributed by atoms with Gasteiger partial charge in [0.1, 0.15) is 5.75 Å². The highest BCUT2D eigenvalue weighted by molar-refractivity contribution is 7.14. The molecule has 1 heterocycles. The van der Waals surface area contributed by atoms with Gasteiger partial charge in [-0.25, -0.2) is 9.78 Å². The molecule has 1 aromatic heterocycles. The fourth-order valence-corrected chi connectivity index (χ4v) is 5.24. The largest absolute Gasteiger partial charge is 0.496 e. The molecule has 0 aliphatic carbocycles. The van der Waals surface area contributed by atoms with E-state index in [0.29, 0.717) is 28.7 Å². The van der Waals surface area contributed by atoms with E-state index in [-0.39, 0.29) is 27.3 Å². The number of rotatable bonds is 13. The summed E-state index contributed by atoms with van der Waals surface area (Å²) in [5.74, 6) is -0.855. The van der Waals surface area contributed by atoms with E-state index >= 15 is 0 Å². The molecule has 0 spiro atoms. The molecule has 0 fully saturated rings. The number of carboxylic acid groups (broad SMARTS) is 1. The molecule has 10 heteroatoms. The lowest BCUT2D eigenvalue weighted by Crippen LogP contribution is -2.12. The fourth-order valence-electron chi connectivity index (χ4n) is 3.94. The van der Waals surface area contributed by atoms with E-state index in [1.807, 2.05) is 30.5 Å². The number of hydrogen-bond acceptors (Lipinski definition) is 6. The zero-order valence-corrected chi connectivity index (χ0v) is 24.7. The van der Waals surface area contributed by atoms with E-state index < -0.39 is 11.9 Å². The summed E-state index contributed by atoms with van der Waals surface area (Å²) >= 11 is 13.9. The Balaban J connectivity index is 1.77. The van der Waals surface area contributed by atoms with Gasteiger partial charge in [0.25, 0.3) is 5.91 Å². The topological polar surface area (TPSA) is 97.8 Å². The first-order chi connectivity index (χ1) is 18.7. The second kappa shape index (κ2) is 14.5.